The second kappa shape index (κ2) is 6.21. The molecule has 0 aliphatic rings. The molecule has 1 rings (SSSR count). The number of esters is 1. The molecule has 104 valence electrons. The van der Waals surface area contributed by atoms with Crippen molar-refractivity contribution in [3.05, 3.63) is 33.6 Å². The highest BCUT2D eigenvalue weighted by molar-refractivity contribution is 5.69. The minimum absolute atomic E-state index is 0.0852. The van der Waals surface area contributed by atoms with Crippen molar-refractivity contribution < 1.29 is 24.7 Å². The van der Waals surface area contributed by atoms with E-state index in [4.69, 9.17) is 0 Å². The molecule has 2 N–H and O–H groups in total. The summed E-state index contributed by atoms with van der Waals surface area (Å²) < 4.78 is 4.37. The quantitative estimate of drug-likeness (QED) is 0.446. The number of rotatable bonds is 5. The molecule has 1 aromatic rings. The molecule has 0 saturated heterocycles. The Morgan fingerprint density at radius 3 is 2.68 bits per heavy atom. The molecule has 2 atom stereocenters. The van der Waals surface area contributed by atoms with Crippen LogP contribution in [0.5, 0.6) is 0 Å². The minimum Gasteiger partial charge on any atom is -0.469 e. The summed E-state index contributed by atoms with van der Waals surface area (Å²) >= 11 is 0. The summed E-state index contributed by atoms with van der Waals surface area (Å²) in [4.78, 5) is 24.7. The molecule has 19 heavy (non-hydrogen) atoms. The van der Waals surface area contributed by atoms with Gasteiger partial charge in [-0.2, -0.15) is 0 Å². The average Bonchev–Trinajstić information content (AvgIpc) is 2.37. The maximum atomic E-state index is 11.0. The molecule has 0 fully saturated rings. The van der Waals surface area contributed by atoms with Crippen LogP contribution in [0, 0.1) is 17.0 Å². The number of aliphatic hydroxyl groups excluding tert-OH is 2. The molecule has 1 aromatic heterocycles. The average molecular weight is 270 g/mol. The van der Waals surface area contributed by atoms with Gasteiger partial charge >= 0.3 is 5.97 Å². The van der Waals surface area contributed by atoms with Gasteiger partial charge in [-0.1, -0.05) is 0 Å². The van der Waals surface area contributed by atoms with E-state index in [0.29, 0.717) is 5.56 Å². The van der Waals surface area contributed by atoms with Gasteiger partial charge in [-0.05, 0) is 12.5 Å². The van der Waals surface area contributed by atoms with Gasteiger partial charge in [-0.25, -0.2) is 0 Å². The van der Waals surface area contributed by atoms with Gasteiger partial charge < -0.3 is 14.9 Å². The summed E-state index contributed by atoms with van der Waals surface area (Å²) in [5, 5.41) is 30.0. The first-order valence-electron chi connectivity index (χ1n) is 5.40. The van der Waals surface area contributed by atoms with E-state index in [2.05, 4.69) is 9.72 Å². The van der Waals surface area contributed by atoms with E-state index in [1.165, 1.54) is 13.0 Å². The number of ether oxygens (including phenoxy) is 1. The Bertz CT molecular complexity index is 490. The number of carbonyl (C=O) groups is 1. The van der Waals surface area contributed by atoms with E-state index < -0.39 is 29.5 Å². The van der Waals surface area contributed by atoms with Crippen LogP contribution in [0.2, 0.25) is 0 Å². The molecule has 0 aromatic carbocycles. The standard InChI is InChI=1S/C11H14N2O6/c1-6-3-7(13(17)18)5-12-10(6)11(16)8(14)4-9(15)19-2/h3,5,8,11,14,16H,4H2,1-2H3. The third kappa shape index (κ3) is 3.70. The normalized spacial score (nSPS) is 13.7. The second-order valence-corrected chi connectivity index (χ2v) is 3.95. The van der Waals surface area contributed by atoms with Gasteiger partial charge in [-0.3, -0.25) is 19.9 Å². The lowest BCUT2D eigenvalue weighted by Crippen LogP contribution is -2.24. The monoisotopic (exact) mass is 270 g/mol. The summed E-state index contributed by atoms with van der Waals surface area (Å²) in [6, 6.07) is 1.23. The number of hydrogen-bond donors (Lipinski definition) is 2. The van der Waals surface area contributed by atoms with E-state index in [1.54, 1.807) is 0 Å². The smallest absolute Gasteiger partial charge is 0.308 e. The minimum atomic E-state index is -1.42. The lowest BCUT2D eigenvalue weighted by Gasteiger charge is -2.17. The van der Waals surface area contributed by atoms with Crippen LogP contribution in [0.4, 0.5) is 5.69 Å². The van der Waals surface area contributed by atoms with Crippen LogP contribution in [0.25, 0.3) is 0 Å². The second-order valence-electron chi connectivity index (χ2n) is 3.95. The number of nitrogens with zero attached hydrogens (tertiary/aromatic N) is 2. The molecule has 0 radical (unpaired) electrons. The van der Waals surface area contributed by atoms with Crippen LogP contribution in [0.15, 0.2) is 12.3 Å². The van der Waals surface area contributed by atoms with E-state index in [9.17, 15) is 25.1 Å². The van der Waals surface area contributed by atoms with Crippen LogP contribution in [-0.4, -0.2) is 39.3 Å². The Labute approximate surface area is 108 Å². The molecule has 0 amide bonds. The Morgan fingerprint density at radius 2 is 2.21 bits per heavy atom. The summed E-state index contributed by atoms with van der Waals surface area (Å²) in [5.74, 6) is -0.675. The van der Waals surface area contributed by atoms with E-state index in [1.807, 2.05) is 0 Å². The summed E-state index contributed by atoms with van der Waals surface area (Å²) in [7, 11) is 1.16. The predicted octanol–water partition coefficient (Wildman–Crippen LogP) is 0.256. The predicted molar refractivity (Wildman–Crippen MR) is 63.2 cm³/mol. The number of hydrogen-bond acceptors (Lipinski definition) is 7. The fraction of sp³-hybridized carbons (Fsp3) is 0.455. The van der Waals surface area contributed by atoms with Crippen LogP contribution < -0.4 is 0 Å². The molecule has 1 heterocycles. The third-order valence-corrected chi connectivity index (χ3v) is 2.56. The zero-order valence-corrected chi connectivity index (χ0v) is 10.4. The SMILES string of the molecule is COC(=O)CC(O)C(O)c1ncc([N+](=O)[O-])cc1C. The first kappa shape index (κ1) is 15.0. The Balaban J connectivity index is 2.90. The zero-order valence-electron chi connectivity index (χ0n) is 10.4. The Kier molecular flexibility index (Phi) is 4.90. The maximum Gasteiger partial charge on any atom is 0.308 e. The highest BCUT2D eigenvalue weighted by Gasteiger charge is 2.25. The molecular weight excluding hydrogens is 256 g/mol. The molecule has 8 nitrogen and oxygen atoms in total. The first-order valence-corrected chi connectivity index (χ1v) is 5.40. The van der Waals surface area contributed by atoms with Crippen molar-refractivity contribution >= 4 is 11.7 Å². The van der Waals surface area contributed by atoms with Gasteiger partial charge in [0.05, 0.1) is 30.3 Å². The molecule has 0 aliphatic carbocycles. The van der Waals surface area contributed by atoms with E-state index in [0.717, 1.165) is 13.3 Å². The van der Waals surface area contributed by atoms with Crippen molar-refractivity contribution in [1.82, 2.24) is 4.98 Å². The van der Waals surface area contributed by atoms with Crippen molar-refractivity contribution in [2.75, 3.05) is 7.11 Å². The van der Waals surface area contributed by atoms with Gasteiger partial charge in [0.2, 0.25) is 0 Å². The van der Waals surface area contributed by atoms with Crippen LogP contribution in [-0.2, 0) is 9.53 Å². The fourth-order valence-corrected chi connectivity index (χ4v) is 1.53. The highest BCUT2D eigenvalue weighted by Crippen LogP contribution is 2.23. The largest absolute Gasteiger partial charge is 0.469 e. The fourth-order valence-electron chi connectivity index (χ4n) is 1.53. The lowest BCUT2D eigenvalue weighted by molar-refractivity contribution is -0.385. The topological polar surface area (TPSA) is 123 Å². The van der Waals surface area contributed by atoms with Crippen LogP contribution >= 0.6 is 0 Å². The van der Waals surface area contributed by atoms with Gasteiger partial charge in [0.1, 0.15) is 12.3 Å². The molecule has 0 spiro atoms. The maximum absolute atomic E-state index is 11.0. The van der Waals surface area contributed by atoms with E-state index in [-0.39, 0.29) is 11.4 Å². The highest BCUT2D eigenvalue weighted by atomic mass is 16.6. The van der Waals surface area contributed by atoms with Crippen molar-refractivity contribution in [2.24, 2.45) is 0 Å². The molecule has 0 bridgehead atoms. The van der Waals surface area contributed by atoms with Crippen LogP contribution in [0.1, 0.15) is 23.8 Å². The lowest BCUT2D eigenvalue weighted by atomic mass is 10.0. The summed E-state index contributed by atoms with van der Waals surface area (Å²) in [5.41, 5.74) is 0.225. The molecule has 8 heteroatoms. The number of aryl methyl sites for hydroxylation is 1. The molecular formula is C11H14N2O6. The first-order chi connectivity index (χ1) is 8.86. The van der Waals surface area contributed by atoms with E-state index >= 15 is 0 Å². The third-order valence-electron chi connectivity index (χ3n) is 2.56. The van der Waals surface area contributed by atoms with Crippen molar-refractivity contribution in [1.29, 1.82) is 0 Å². The number of methoxy groups -OCH3 is 1. The molecule has 2 unspecified atom stereocenters. The molecule has 0 saturated carbocycles. The van der Waals surface area contributed by atoms with Crippen LogP contribution in [0.3, 0.4) is 0 Å². The number of nitro groups is 1. The number of pyridine rings is 1. The van der Waals surface area contributed by atoms with Crippen molar-refractivity contribution in [2.45, 2.75) is 25.6 Å². The van der Waals surface area contributed by atoms with Gasteiger partial charge in [0, 0.05) is 6.07 Å². The zero-order chi connectivity index (χ0) is 14.6. The summed E-state index contributed by atoms with van der Waals surface area (Å²) in [6.07, 6.45) is -2.22. The number of carbonyl (C=O) groups excluding carboxylic acids is 1. The number of aliphatic hydroxyl groups is 2. The van der Waals surface area contributed by atoms with Gasteiger partial charge in [0.15, 0.2) is 0 Å². The van der Waals surface area contributed by atoms with Gasteiger partial charge in [0.25, 0.3) is 5.69 Å². The summed E-state index contributed by atoms with van der Waals surface area (Å²) in [6.45, 7) is 1.52. The number of aromatic nitrogens is 1. The Hall–Kier alpha value is -2.06. The Morgan fingerprint density at radius 1 is 1.58 bits per heavy atom. The van der Waals surface area contributed by atoms with Gasteiger partial charge in [-0.15, -0.1) is 0 Å². The van der Waals surface area contributed by atoms with Crippen molar-refractivity contribution in [3.63, 3.8) is 0 Å². The van der Waals surface area contributed by atoms with Crippen molar-refractivity contribution in [3.8, 4) is 0 Å². The molecule has 0 aliphatic heterocycles.